The summed E-state index contributed by atoms with van der Waals surface area (Å²) in [6, 6.07) is 27.1. The maximum atomic E-state index is 4.94. The van der Waals surface area contributed by atoms with Crippen LogP contribution in [0.2, 0.25) is 0 Å². The Balaban J connectivity index is 1.48. The zero-order chi connectivity index (χ0) is 18.9. The van der Waals surface area contributed by atoms with Gasteiger partial charge in [-0.15, -0.1) is 5.10 Å². The minimum absolute atomic E-state index is 0.182. The lowest BCUT2D eigenvalue weighted by Gasteiger charge is -2.13. The van der Waals surface area contributed by atoms with E-state index in [0.29, 0.717) is 0 Å². The fourth-order valence-electron chi connectivity index (χ4n) is 3.75. The molecular weight excluding hydrogens is 344 g/mol. The molecule has 4 heteroatoms. The van der Waals surface area contributed by atoms with Gasteiger partial charge >= 0.3 is 0 Å². The summed E-state index contributed by atoms with van der Waals surface area (Å²) in [5.41, 5.74) is 7.79. The van der Waals surface area contributed by atoms with E-state index in [1.165, 1.54) is 11.1 Å². The van der Waals surface area contributed by atoms with Gasteiger partial charge in [-0.05, 0) is 36.2 Å². The molecule has 0 aliphatic carbocycles. The van der Waals surface area contributed by atoms with Crippen molar-refractivity contribution in [3.05, 3.63) is 107 Å². The lowest BCUT2D eigenvalue weighted by atomic mass is 9.88. The van der Waals surface area contributed by atoms with Gasteiger partial charge in [-0.1, -0.05) is 71.4 Å². The van der Waals surface area contributed by atoms with Gasteiger partial charge in [-0.3, -0.25) is 4.99 Å². The first kappa shape index (κ1) is 16.6. The highest BCUT2D eigenvalue weighted by atomic mass is 15.4. The summed E-state index contributed by atoms with van der Waals surface area (Å²) in [6.45, 7) is 2.08. The third-order valence-corrected chi connectivity index (χ3v) is 5.21. The van der Waals surface area contributed by atoms with Crippen LogP contribution in [-0.2, 0) is 6.42 Å². The zero-order valence-electron chi connectivity index (χ0n) is 15.7. The maximum absolute atomic E-state index is 4.94. The van der Waals surface area contributed by atoms with Crippen molar-refractivity contribution in [1.82, 2.24) is 15.0 Å². The quantitative estimate of drug-likeness (QED) is 0.509. The summed E-state index contributed by atoms with van der Waals surface area (Å²) in [6.07, 6.45) is 2.80. The highest BCUT2D eigenvalue weighted by Crippen LogP contribution is 2.39. The van der Waals surface area contributed by atoms with Crippen LogP contribution in [0.1, 0.15) is 28.3 Å². The van der Waals surface area contributed by atoms with Crippen molar-refractivity contribution in [2.75, 3.05) is 0 Å². The van der Waals surface area contributed by atoms with E-state index >= 15 is 0 Å². The lowest BCUT2D eigenvalue weighted by Crippen LogP contribution is -2.13. The van der Waals surface area contributed by atoms with Crippen LogP contribution < -0.4 is 0 Å². The Morgan fingerprint density at radius 3 is 2.43 bits per heavy atom. The minimum Gasteiger partial charge on any atom is -0.252 e. The Kier molecular flexibility index (Phi) is 4.09. The van der Waals surface area contributed by atoms with E-state index in [2.05, 4.69) is 84.0 Å². The molecule has 0 bridgehead atoms. The molecule has 3 aromatic carbocycles. The molecule has 1 aliphatic heterocycles. The predicted octanol–water partition coefficient (Wildman–Crippen LogP) is 5.04. The molecule has 1 unspecified atom stereocenters. The number of hydrogen-bond acceptors (Lipinski definition) is 3. The largest absolute Gasteiger partial charge is 0.252 e. The van der Waals surface area contributed by atoms with Gasteiger partial charge in [0.2, 0.25) is 0 Å². The Morgan fingerprint density at radius 1 is 0.857 bits per heavy atom. The Labute approximate surface area is 164 Å². The van der Waals surface area contributed by atoms with Gasteiger partial charge in [0.05, 0.1) is 29.0 Å². The molecule has 0 saturated heterocycles. The Morgan fingerprint density at radius 2 is 1.61 bits per heavy atom. The molecule has 0 radical (unpaired) electrons. The predicted molar refractivity (Wildman–Crippen MR) is 112 cm³/mol. The van der Waals surface area contributed by atoms with Gasteiger partial charge in [0, 0.05) is 12.3 Å². The van der Waals surface area contributed by atoms with Crippen LogP contribution in [0.4, 0.5) is 5.69 Å². The summed E-state index contributed by atoms with van der Waals surface area (Å²) >= 11 is 0. The van der Waals surface area contributed by atoms with Crippen LogP contribution in [0, 0.1) is 6.92 Å². The van der Waals surface area contributed by atoms with Crippen LogP contribution >= 0.6 is 0 Å². The van der Waals surface area contributed by atoms with Crippen molar-refractivity contribution in [2.24, 2.45) is 4.99 Å². The molecular formula is C24H20N4. The molecule has 1 aliphatic rings. The molecule has 0 fully saturated rings. The average molecular weight is 364 g/mol. The number of nitrogens with zero attached hydrogens (tertiary/aromatic N) is 4. The molecule has 4 aromatic rings. The minimum atomic E-state index is 0.182. The van der Waals surface area contributed by atoms with E-state index in [1.807, 2.05) is 23.0 Å². The highest BCUT2D eigenvalue weighted by molar-refractivity contribution is 6.09. The van der Waals surface area contributed by atoms with Crippen LogP contribution in [0.3, 0.4) is 0 Å². The number of fused-ring (bicyclic) bond motifs is 1. The number of aliphatic imine (C=N–C) groups is 1. The summed E-state index contributed by atoms with van der Waals surface area (Å²) in [4.78, 5) is 4.94. The number of rotatable bonds is 4. The van der Waals surface area contributed by atoms with Crippen molar-refractivity contribution in [3.8, 4) is 5.69 Å². The third kappa shape index (κ3) is 3.03. The number of aromatic nitrogens is 3. The molecule has 28 heavy (non-hydrogen) atoms. The number of aryl methyl sites for hydroxylation is 1. The van der Waals surface area contributed by atoms with Crippen molar-refractivity contribution < 1.29 is 0 Å². The number of benzene rings is 3. The standard InChI is InChI=1S/C24H20N4/c1-17-11-13-20(14-12-17)28-16-19(26-27-28)15-22-21-9-5-6-10-23(21)25-24(22)18-7-3-2-4-8-18/h2-14,16,22H,15H2,1H3. The fourth-order valence-corrected chi connectivity index (χ4v) is 3.75. The van der Waals surface area contributed by atoms with Crippen molar-refractivity contribution in [2.45, 2.75) is 19.3 Å². The van der Waals surface area contributed by atoms with E-state index in [9.17, 15) is 0 Å². The Hall–Kier alpha value is -3.53. The van der Waals surface area contributed by atoms with Crippen molar-refractivity contribution in [3.63, 3.8) is 0 Å². The van der Waals surface area contributed by atoms with Gasteiger partial charge in [0.25, 0.3) is 0 Å². The second-order valence-electron chi connectivity index (χ2n) is 7.17. The zero-order valence-corrected chi connectivity index (χ0v) is 15.7. The molecule has 0 amide bonds. The third-order valence-electron chi connectivity index (χ3n) is 5.21. The van der Waals surface area contributed by atoms with Gasteiger partial charge in [-0.2, -0.15) is 0 Å². The fraction of sp³-hybridized carbons (Fsp3) is 0.125. The van der Waals surface area contributed by atoms with Gasteiger partial charge in [0.15, 0.2) is 0 Å². The topological polar surface area (TPSA) is 43.1 Å². The highest BCUT2D eigenvalue weighted by Gasteiger charge is 2.29. The molecule has 5 rings (SSSR count). The van der Waals surface area contributed by atoms with Gasteiger partial charge in [0.1, 0.15) is 0 Å². The van der Waals surface area contributed by atoms with Crippen molar-refractivity contribution in [1.29, 1.82) is 0 Å². The SMILES string of the molecule is Cc1ccc(-n2cc(CC3C(c4ccccc4)=Nc4ccccc43)nn2)cc1. The average Bonchev–Trinajstić information content (AvgIpc) is 3.35. The monoisotopic (exact) mass is 364 g/mol. The van der Waals surface area contributed by atoms with Crippen LogP contribution in [0.5, 0.6) is 0 Å². The van der Waals surface area contributed by atoms with E-state index in [-0.39, 0.29) is 5.92 Å². The number of para-hydroxylation sites is 1. The normalized spacial score (nSPS) is 15.3. The molecule has 0 saturated carbocycles. The van der Waals surface area contributed by atoms with E-state index in [4.69, 9.17) is 4.99 Å². The first-order valence-corrected chi connectivity index (χ1v) is 9.49. The molecule has 0 N–H and O–H groups in total. The smallest absolute Gasteiger partial charge is 0.0841 e. The first-order valence-electron chi connectivity index (χ1n) is 9.49. The molecule has 1 aromatic heterocycles. The molecule has 0 spiro atoms. The van der Waals surface area contributed by atoms with E-state index in [1.54, 1.807) is 0 Å². The first-order chi connectivity index (χ1) is 13.8. The second kappa shape index (κ2) is 6.89. The van der Waals surface area contributed by atoms with Crippen molar-refractivity contribution >= 4 is 11.4 Å². The molecule has 1 atom stereocenters. The van der Waals surface area contributed by atoms with E-state index in [0.717, 1.165) is 34.8 Å². The summed E-state index contributed by atoms with van der Waals surface area (Å²) in [7, 11) is 0. The molecule has 4 nitrogen and oxygen atoms in total. The van der Waals surface area contributed by atoms with Crippen LogP contribution in [0.25, 0.3) is 5.69 Å². The number of hydrogen-bond donors (Lipinski definition) is 0. The van der Waals surface area contributed by atoms with E-state index < -0.39 is 0 Å². The van der Waals surface area contributed by atoms with Crippen LogP contribution in [-0.4, -0.2) is 20.7 Å². The second-order valence-corrected chi connectivity index (χ2v) is 7.17. The van der Waals surface area contributed by atoms with Gasteiger partial charge < -0.3 is 0 Å². The lowest BCUT2D eigenvalue weighted by molar-refractivity contribution is 0.789. The molecule has 2 heterocycles. The summed E-state index contributed by atoms with van der Waals surface area (Å²) in [5.74, 6) is 0.182. The summed E-state index contributed by atoms with van der Waals surface area (Å²) < 4.78 is 1.84. The maximum Gasteiger partial charge on any atom is 0.0841 e. The van der Waals surface area contributed by atoms with Gasteiger partial charge in [-0.25, -0.2) is 4.68 Å². The summed E-state index contributed by atoms with van der Waals surface area (Å²) in [5, 5.41) is 8.78. The molecule has 136 valence electrons. The van der Waals surface area contributed by atoms with Crippen LogP contribution in [0.15, 0.2) is 90.1 Å². The Bertz CT molecular complexity index is 1140.